The number of carbonyl (C=O) groups is 2. The molecule has 0 N–H and O–H groups in total. The Balaban J connectivity index is 4.49. The van der Waals surface area contributed by atoms with Crippen LogP contribution in [0.2, 0.25) is 0 Å². The Hall–Kier alpha value is -1.14. The van der Waals surface area contributed by atoms with E-state index in [1.807, 2.05) is 6.92 Å². The van der Waals surface area contributed by atoms with Crippen LogP contribution in [0.5, 0.6) is 0 Å². The molecule has 0 spiro atoms. The van der Waals surface area contributed by atoms with Crippen molar-refractivity contribution in [3.63, 3.8) is 0 Å². The molecule has 0 aromatic carbocycles. The lowest BCUT2D eigenvalue weighted by molar-refractivity contribution is -0.327. The quantitative estimate of drug-likeness (QED) is 0.501. The minimum Gasteiger partial charge on any atom is -0.298 e. The summed E-state index contributed by atoms with van der Waals surface area (Å²) >= 11 is 0. The molecule has 1 atom stereocenters. The van der Waals surface area contributed by atoms with Crippen molar-refractivity contribution in [2.24, 2.45) is 5.92 Å². The number of rotatable bonds is 8. The van der Waals surface area contributed by atoms with Crippen molar-refractivity contribution in [3.8, 4) is 0 Å². The SMILES string of the molecule is CCCCC(CC(=O)OOC(C)(C)C)C(=O)OOC(C)(C)C. The fourth-order valence-electron chi connectivity index (χ4n) is 1.39. The van der Waals surface area contributed by atoms with Crippen LogP contribution in [0.25, 0.3) is 0 Å². The van der Waals surface area contributed by atoms with E-state index in [4.69, 9.17) is 19.6 Å². The number of hydrogen-bond acceptors (Lipinski definition) is 6. The van der Waals surface area contributed by atoms with Crippen molar-refractivity contribution < 1.29 is 29.1 Å². The normalized spacial score (nSPS) is 13.6. The lowest BCUT2D eigenvalue weighted by atomic mass is 9.99. The highest BCUT2D eigenvalue weighted by atomic mass is 17.2. The standard InChI is InChI=1S/C16H30O6/c1-8-9-10-12(14(18)20-22-16(5,6)7)11-13(17)19-21-15(2,3)4/h12H,8-11H2,1-7H3. The largest absolute Gasteiger partial charge is 0.346 e. The molecule has 1 unspecified atom stereocenters. The molecule has 0 aromatic heterocycles. The molecule has 130 valence electrons. The summed E-state index contributed by atoms with van der Waals surface area (Å²) in [5.74, 6) is -1.75. The summed E-state index contributed by atoms with van der Waals surface area (Å²) in [7, 11) is 0. The first-order valence-electron chi connectivity index (χ1n) is 7.72. The maximum atomic E-state index is 12.0. The highest BCUT2D eigenvalue weighted by Crippen LogP contribution is 2.19. The average Bonchev–Trinajstić information content (AvgIpc) is 2.36. The van der Waals surface area contributed by atoms with Gasteiger partial charge in [0.2, 0.25) is 0 Å². The molecule has 0 aliphatic carbocycles. The number of hydrogen-bond donors (Lipinski definition) is 0. The van der Waals surface area contributed by atoms with Gasteiger partial charge in [-0.25, -0.2) is 9.59 Å². The van der Waals surface area contributed by atoms with E-state index in [0.717, 1.165) is 12.8 Å². The van der Waals surface area contributed by atoms with Gasteiger partial charge in [0.15, 0.2) is 0 Å². The monoisotopic (exact) mass is 318 g/mol. The Labute approximate surface area is 133 Å². The van der Waals surface area contributed by atoms with Crippen LogP contribution in [0.15, 0.2) is 0 Å². The van der Waals surface area contributed by atoms with E-state index >= 15 is 0 Å². The third-order valence-electron chi connectivity index (χ3n) is 2.41. The van der Waals surface area contributed by atoms with Crippen LogP contribution in [-0.4, -0.2) is 23.1 Å². The van der Waals surface area contributed by atoms with Crippen LogP contribution in [-0.2, 0) is 29.1 Å². The van der Waals surface area contributed by atoms with Crippen LogP contribution >= 0.6 is 0 Å². The molecule has 0 fully saturated rings. The fraction of sp³-hybridized carbons (Fsp3) is 0.875. The van der Waals surface area contributed by atoms with Gasteiger partial charge in [-0.3, -0.25) is 9.78 Å². The molecule has 0 saturated heterocycles. The van der Waals surface area contributed by atoms with Crippen molar-refractivity contribution in [2.45, 2.75) is 85.4 Å². The minimum atomic E-state index is -0.599. The molecular formula is C16H30O6. The molecule has 0 heterocycles. The summed E-state index contributed by atoms with van der Waals surface area (Å²) in [6.07, 6.45) is 2.16. The zero-order valence-corrected chi connectivity index (χ0v) is 14.9. The van der Waals surface area contributed by atoms with Gasteiger partial charge in [-0.1, -0.05) is 19.8 Å². The Kier molecular flexibility index (Phi) is 8.63. The molecule has 0 bridgehead atoms. The topological polar surface area (TPSA) is 71.1 Å². The number of unbranched alkanes of at least 4 members (excludes halogenated alkanes) is 1. The fourth-order valence-corrected chi connectivity index (χ4v) is 1.39. The minimum absolute atomic E-state index is 0.0948. The number of carbonyl (C=O) groups excluding carboxylic acids is 2. The predicted octanol–water partition coefficient (Wildman–Crippen LogP) is 3.73. The molecule has 0 aromatic rings. The summed E-state index contributed by atoms with van der Waals surface area (Å²) in [6, 6.07) is 0. The van der Waals surface area contributed by atoms with Crippen LogP contribution < -0.4 is 0 Å². The van der Waals surface area contributed by atoms with Crippen molar-refractivity contribution in [1.29, 1.82) is 0 Å². The zero-order chi connectivity index (χ0) is 17.4. The van der Waals surface area contributed by atoms with E-state index in [9.17, 15) is 9.59 Å². The summed E-state index contributed by atoms with van der Waals surface area (Å²) in [4.78, 5) is 43.3. The molecule has 0 aliphatic rings. The van der Waals surface area contributed by atoms with Crippen molar-refractivity contribution >= 4 is 11.9 Å². The zero-order valence-electron chi connectivity index (χ0n) is 14.9. The molecule has 0 rings (SSSR count). The molecule has 22 heavy (non-hydrogen) atoms. The Morgan fingerprint density at radius 3 is 1.86 bits per heavy atom. The van der Waals surface area contributed by atoms with Gasteiger partial charge in [0.1, 0.15) is 11.2 Å². The van der Waals surface area contributed by atoms with Crippen LogP contribution in [0.3, 0.4) is 0 Å². The maximum Gasteiger partial charge on any atom is 0.346 e. The molecule has 0 saturated carbocycles. The van der Waals surface area contributed by atoms with Crippen molar-refractivity contribution in [1.82, 2.24) is 0 Å². The van der Waals surface area contributed by atoms with Crippen LogP contribution in [0, 0.1) is 5.92 Å². The third kappa shape index (κ3) is 11.5. The van der Waals surface area contributed by atoms with Crippen molar-refractivity contribution in [3.05, 3.63) is 0 Å². The smallest absolute Gasteiger partial charge is 0.298 e. The van der Waals surface area contributed by atoms with E-state index in [1.54, 1.807) is 41.5 Å². The van der Waals surface area contributed by atoms with E-state index < -0.39 is 29.1 Å². The van der Waals surface area contributed by atoms with Gasteiger partial charge in [-0.15, -0.1) is 0 Å². The van der Waals surface area contributed by atoms with Crippen LogP contribution in [0.1, 0.15) is 74.1 Å². The lowest BCUT2D eigenvalue weighted by Crippen LogP contribution is -2.28. The van der Waals surface area contributed by atoms with Gasteiger partial charge in [0.25, 0.3) is 0 Å². The average molecular weight is 318 g/mol. The summed E-state index contributed by atoms with van der Waals surface area (Å²) < 4.78 is 0. The van der Waals surface area contributed by atoms with Crippen molar-refractivity contribution in [2.75, 3.05) is 0 Å². The van der Waals surface area contributed by atoms with E-state index in [0.29, 0.717) is 6.42 Å². The maximum absolute atomic E-state index is 12.0. The summed E-state index contributed by atoms with van der Waals surface area (Å²) in [6.45, 7) is 12.6. The Morgan fingerprint density at radius 2 is 1.41 bits per heavy atom. The predicted molar refractivity (Wildman–Crippen MR) is 81.5 cm³/mol. The van der Waals surface area contributed by atoms with Gasteiger partial charge < -0.3 is 0 Å². The second-order valence-corrected chi connectivity index (χ2v) is 7.29. The summed E-state index contributed by atoms with van der Waals surface area (Å²) in [5, 5.41) is 0. The van der Waals surface area contributed by atoms with Gasteiger partial charge in [-0.05, 0) is 48.0 Å². The molecular weight excluding hydrogens is 288 g/mol. The highest BCUT2D eigenvalue weighted by molar-refractivity contribution is 5.79. The Morgan fingerprint density at radius 1 is 0.909 bits per heavy atom. The molecule has 6 heteroatoms. The van der Waals surface area contributed by atoms with Gasteiger partial charge in [-0.2, -0.15) is 9.78 Å². The molecule has 0 aliphatic heterocycles. The van der Waals surface area contributed by atoms with E-state index in [-0.39, 0.29) is 6.42 Å². The first-order chi connectivity index (χ1) is 9.94. The van der Waals surface area contributed by atoms with E-state index in [2.05, 4.69) is 0 Å². The van der Waals surface area contributed by atoms with Crippen LogP contribution in [0.4, 0.5) is 0 Å². The highest BCUT2D eigenvalue weighted by Gasteiger charge is 2.27. The lowest BCUT2D eigenvalue weighted by Gasteiger charge is -2.20. The van der Waals surface area contributed by atoms with E-state index in [1.165, 1.54) is 0 Å². The molecule has 0 amide bonds. The molecule has 0 radical (unpaired) electrons. The van der Waals surface area contributed by atoms with Gasteiger partial charge in [0, 0.05) is 0 Å². The first kappa shape index (κ1) is 20.9. The van der Waals surface area contributed by atoms with Gasteiger partial charge >= 0.3 is 11.9 Å². The third-order valence-corrected chi connectivity index (χ3v) is 2.41. The Bertz CT molecular complexity index is 351. The first-order valence-corrected chi connectivity index (χ1v) is 7.72. The van der Waals surface area contributed by atoms with Gasteiger partial charge in [0.05, 0.1) is 12.3 Å². The second kappa shape index (κ2) is 9.10. The molecule has 6 nitrogen and oxygen atoms in total. The summed E-state index contributed by atoms with van der Waals surface area (Å²) in [5.41, 5.74) is -1.19. The second-order valence-electron chi connectivity index (χ2n) is 7.29.